The fourth-order valence-electron chi connectivity index (χ4n) is 3.81. The summed E-state index contributed by atoms with van der Waals surface area (Å²) in [5, 5.41) is 25.8. The number of imidazole rings is 1. The zero-order valence-corrected chi connectivity index (χ0v) is 16.6. The Morgan fingerprint density at radius 3 is 2.79 bits per heavy atom. The van der Waals surface area contributed by atoms with Gasteiger partial charge in [-0.25, -0.2) is 9.97 Å². The number of nitrogens with one attached hydrogen (secondary N) is 1. The number of aromatic nitrogens is 3. The molecule has 1 aliphatic heterocycles. The molecule has 9 heteroatoms. The van der Waals surface area contributed by atoms with Gasteiger partial charge in [0.25, 0.3) is 0 Å². The van der Waals surface area contributed by atoms with Gasteiger partial charge in [-0.1, -0.05) is 18.0 Å². The molecule has 0 aromatic carbocycles. The number of anilines is 1. The van der Waals surface area contributed by atoms with Crippen LogP contribution in [0.15, 0.2) is 42.2 Å². The Hall–Kier alpha value is -2.36. The molecule has 1 fully saturated rings. The molecule has 0 saturated carbocycles. The molecule has 2 aromatic heterocycles. The van der Waals surface area contributed by atoms with Crippen LogP contribution in [0.2, 0.25) is 0 Å². The third kappa shape index (κ3) is 5.81. The van der Waals surface area contributed by atoms with Crippen LogP contribution in [0.4, 0.5) is 5.82 Å². The van der Waals surface area contributed by atoms with Crippen molar-refractivity contribution in [1.82, 2.24) is 19.4 Å². The van der Waals surface area contributed by atoms with Crippen molar-refractivity contribution in [2.45, 2.75) is 50.3 Å². The molecule has 3 N–H and O–H groups in total. The predicted octanol–water partition coefficient (Wildman–Crippen LogP) is 1.80. The van der Waals surface area contributed by atoms with E-state index in [0.717, 1.165) is 50.3 Å². The van der Waals surface area contributed by atoms with E-state index in [-0.39, 0.29) is 12.6 Å². The summed E-state index contributed by atoms with van der Waals surface area (Å²) < 4.78 is 1.91. The monoisotopic (exact) mass is 402 g/mol. The molecule has 0 amide bonds. The van der Waals surface area contributed by atoms with Crippen LogP contribution in [0, 0.1) is 4.91 Å². The molecule has 1 aliphatic rings. The minimum atomic E-state index is -0.741. The normalized spacial score (nSPS) is 22.5. The number of piperidine rings is 1. The fourth-order valence-corrected chi connectivity index (χ4v) is 3.81. The van der Waals surface area contributed by atoms with E-state index in [2.05, 4.69) is 25.4 Å². The van der Waals surface area contributed by atoms with Crippen molar-refractivity contribution >= 4 is 5.82 Å². The Morgan fingerprint density at radius 2 is 2.10 bits per heavy atom. The Morgan fingerprint density at radius 1 is 1.24 bits per heavy atom. The van der Waals surface area contributed by atoms with E-state index in [0.29, 0.717) is 13.0 Å². The van der Waals surface area contributed by atoms with Gasteiger partial charge in [0, 0.05) is 25.5 Å². The number of nitroso groups, excluding NO2 is 1. The van der Waals surface area contributed by atoms with Crippen molar-refractivity contribution in [3.63, 3.8) is 0 Å². The van der Waals surface area contributed by atoms with Crippen LogP contribution in [0.3, 0.4) is 0 Å². The number of unbranched alkanes of at least 4 members (excludes halogenated alkanes) is 3. The second-order valence-electron chi connectivity index (χ2n) is 7.45. The van der Waals surface area contributed by atoms with Crippen molar-refractivity contribution < 1.29 is 10.2 Å². The lowest BCUT2D eigenvalue weighted by Crippen LogP contribution is -2.55. The lowest BCUT2D eigenvalue weighted by Gasteiger charge is -2.39. The number of hydrogen-bond acceptors (Lipinski definition) is 8. The summed E-state index contributed by atoms with van der Waals surface area (Å²) in [5.74, 6) is 0.860. The minimum absolute atomic E-state index is 0.149. The van der Waals surface area contributed by atoms with Gasteiger partial charge in [-0.05, 0) is 37.9 Å². The van der Waals surface area contributed by atoms with Crippen LogP contribution in [0.5, 0.6) is 0 Å². The molecule has 2 aromatic rings. The van der Waals surface area contributed by atoms with Gasteiger partial charge in [0.05, 0.1) is 37.0 Å². The number of hydrogen-bond donors (Lipinski definition) is 3. The summed E-state index contributed by atoms with van der Waals surface area (Å²) in [7, 11) is 0. The Labute approximate surface area is 170 Å². The van der Waals surface area contributed by atoms with Crippen LogP contribution in [0.1, 0.15) is 32.1 Å². The molecular formula is C20H30N6O3. The standard InChI is InChI=1S/C20H30N6O3/c27-14-17-20(24-29)18(28)7-11-25(17)10-4-2-1-3-8-22-19-6-5-16(13-23-19)26-12-9-21-15-26/h5-6,9,12-13,15,17-18,20,27-28H,1-4,7-8,10-11,14H2,(H,22,23)/t17-,18-,20?/m1/s1. The smallest absolute Gasteiger partial charge is 0.135 e. The van der Waals surface area contributed by atoms with E-state index >= 15 is 0 Å². The molecule has 0 aliphatic carbocycles. The first-order valence-electron chi connectivity index (χ1n) is 10.3. The second-order valence-corrected chi connectivity index (χ2v) is 7.45. The summed E-state index contributed by atoms with van der Waals surface area (Å²) in [6.07, 6.45) is 11.2. The van der Waals surface area contributed by atoms with Gasteiger partial charge in [-0.2, -0.15) is 4.91 Å². The van der Waals surface area contributed by atoms with Gasteiger partial charge in [0.2, 0.25) is 0 Å². The summed E-state index contributed by atoms with van der Waals surface area (Å²) in [5.41, 5.74) is 0.978. The lowest BCUT2D eigenvalue weighted by molar-refractivity contribution is -0.00188. The van der Waals surface area contributed by atoms with E-state index in [4.69, 9.17) is 0 Å². The number of pyridine rings is 1. The molecule has 0 bridgehead atoms. The van der Waals surface area contributed by atoms with E-state index in [9.17, 15) is 15.1 Å². The largest absolute Gasteiger partial charge is 0.395 e. The van der Waals surface area contributed by atoms with Crippen molar-refractivity contribution in [2.75, 3.05) is 31.6 Å². The zero-order chi connectivity index (χ0) is 20.5. The molecule has 3 heterocycles. The average Bonchev–Trinajstić information content (AvgIpc) is 3.29. The zero-order valence-electron chi connectivity index (χ0n) is 16.6. The molecule has 9 nitrogen and oxygen atoms in total. The first-order valence-corrected chi connectivity index (χ1v) is 10.3. The summed E-state index contributed by atoms with van der Waals surface area (Å²) >= 11 is 0. The van der Waals surface area contributed by atoms with Crippen LogP contribution in [0.25, 0.3) is 5.69 Å². The van der Waals surface area contributed by atoms with Crippen LogP contribution >= 0.6 is 0 Å². The number of likely N-dealkylation sites (tertiary alicyclic amines) is 1. The third-order valence-electron chi connectivity index (χ3n) is 5.51. The third-order valence-corrected chi connectivity index (χ3v) is 5.51. The van der Waals surface area contributed by atoms with Crippen LogP contribution in [-0.2, 0) is 0 Å². The van der Waals surface area contributed by atoms with Crippen molar-refractivity contribution in [3.05, 3.63) is 42.0 Å². The number of nitrogens with zero attached hydrogens (tertiary/aromatic N) is 5. The predicted molar refractivity (Wildman–Crippen MR) is 111 cm³/mol. The van der Waals surface area contributed by atoms with Gasteiger partial charge in [0.15, 0.2) is 0 Å². The highest BCUT2D eigenvalue weighted by atomic mass is 16.3. The summed E-state index contributed by atoms with van der Waals surface area (Å²) in [6.45, 7) is 2.23. The first-order chi connectivity index (χ1) is 14.2. The number of aliphatic hydroxyl groups excluding tert-OH is 2. The summed E-state index contributed by atoms with van der Waals surface area (Å²) in [6, 6.07) is 2.87. The molecule has 3 rings (SSSR count). The van der Waals surface area contributed by atoms with Gasteiger partial charge in [-0.15, -0.1) is 0 Å². The quantitative estimate of drug-likeness (QED) is 0.388. The van der Waals surface area contributed by atoms with Gasteiger partial charge >= 0.3 is 0 Å². The lowest BCUT2D eigenvalue weighted by atomic mass is 9.94. The molecule has 0 radical (unpaired) electrons. The maximum atomic E-state index is 11.0. The molecule has 29 heavy (non-hydrogen) atoms. The topological polar surface area (TPSA) is 116 Å². The minimum Gasteiger partial charge on any atom is -0.395 e. The molecule has 158 valence electrons. The van der Waals surface area contributed by atoms with Gasteiger partial charge in [-0.3, -0.25) is 4.90 Å². The molecule has 0 spiro atoms. The summed E-state index contributed by atoms with van der Waals surface area (Å²) in [4.78, 5) is 21.5. The Balaban J connectivity index is 1.30. The molecular weight excluding hydrogens is 372 g/mol. The number of rotatable bonds is 11. The van der Waals surface area contributed by atoms with Gasteiger partial charge < -0.3 is 20.1 Å². The van der Waals surface area contributed by atoms with E-state index in [1.54, 1.807) is 12.5 Å². The van der Waals surface area contributed by atoms with E-state index in [1.807, 2.05) is 29.1 Å². The van der Waals surface area contributed by atoms with Crippen LogP contribution < -0.4 is 5.32 Å². The van der Waals surface area contributed by atoms with E-state index < -0.39 is 12.1 Å². The first kappa shape index (κ1) is 21.4. The van der Waals surface area contributed by atoms with Crippen LogP contribution in [-0.4, -0.2) is 74.1 Å². The van der Waals surface area contributed by atoms with Crippen molar-refractivity contribution in [3.8, 4) is 5.69 Å². The average molecular weight is 402 g/mol. The molecule has 1 unspecified atom stereocenters. The Kier molecular flexibility index (Phi) is 8.09. The SMILES string of the molecule is O=NC1[C@H](O)CCN(CCCCCCNc2ccc(-n3ccnc3)cn2)[C@@H]1CO. The Bertz CT molecular complexity index is 724. The van der Waals surface area contributed by atoms with Crippen molar-refractivity contribution in [2.24, 2.45) is 5.18 Å². The number of aliphatic hydroxyl groups is 2. The highest BCUT2D eigenvalue weighted by molar-refractivity contribution is 5.40. The molecule has 3 atom stereocenters. The molecule has 1 saturated heterocycles. The van der Waals surface area contributed by atoms with Gasteiger partial charge in [0.1, 0.15) is 11.9 Å². The maximum Gasteiger partial charge on any atom is 0.135 e. The fraction of sp³-hybridized carbons (Fsp3) is 0.600. The second kappa shape index (κ2) is 11.0. The highest BCUT2D eigenvalue weighted by Gasteiger charge is 2.37. The van der Waals surface area contributed by atoms with E-state index in [1.165, 1.54) is 0 Å². The highest BCUT2D eigenvalue weighted by Crippen LogP contribution is 2.21. The van der Waals surface area contributed by atoms with Crippen molar-refractivity contribution in [1.29, 1.82) is 0 Å². The maximum absolute atomic E-state index is 11.0.